The van der Waals surface area contributed by atoms with Crippen LogP contribution in [0.25, 0.3) is 10.2 Å². The molecule has 2 aromatic heterocycles. The minimum Gasteiger partial charge on any atom is -0.465 e. The standard InChI is InChI=1S/C14H19N3O3S/c1-5-7(2)15-6-9-16-12(18)10-8(3)11(14(19)20-4)21-13(10)17-9/h7,15H,5-6H2,1-4H3,(H,16,17,18)/p+1/t7-/m0/s1. The topological polar surface area (TPSA) is 88.7 Å². The number of nitrogens with one attached hydrogen (secondary N) is 1. The molecule has 0 unspecified atom stereocenters. The molecule has 0 amide bonds. The molecule has 0 saturated carbocycles. The number of aromatic nitrogens is 2. The van der Waals surface area contributed by atoms with Crippen molar-refractivity contribution in [2.75, 3.05) is 7.11 Å². The average Bonchev–Trinajstić information content (AvgIpc) is 2.81. The molecule has 1 atom stereocenters. The number of thiophene rings is 1. The van der Waals surface area contributed by atoms with Crippen LogP contribution in [0.5, 0.6) is 0 Å². The lowest BCUT2D eigenvalue weighted by atomic mass is 10.2. The van der Waals surface area contributed by atoms with Gasteiger partial charge in [0, 0.05) is 0 Å². The number of quaternary nitrogens is 1. The van der Waals surface area contributed by atoms with E-state index in [-0.39, 0.29) is 5.56 Å². The Hall–Kier alpha value is -1.73. The first-order valence-corrected chi connectivity index (χ1v) is 7.73. The van der Waals surface area contributed by atoms with Crippen LogP contribution in [-0.2, 0) is 11.3 Å². The number of hydrogen-bond donors (Lipinski definition) is 2. The maximum Gasteiger partial charge on any atom is 0.348 e. The second-order valence-corrected chi connectivity index (χ2v) is 6.06. The van der Waals surface area contributed by atoms with Gasteiger partial charge in [0.25, 0.3) is 5.56 Å². The van der Waals surface area contributed by atoms with Crippen LogP contribution in [0.2, 0.25) is 0 Å². The number of carbonyl (C=O) groups excluding carboxylic acids is 1. The number of esters is 1. The number of hydrogen-bond acceptors (Lipinski definition) is 5. The first kappa shape index (κ1) is 15.7. The quantitative estimate of drug-likeness (QED) is 0.805. The summed E-state index contributed by atoms with van der Waals surface area (Å²) < 4.78 is 4.74. The van der Waals surface area contributed by atoms with Gasteiger partial charge in [0.1, 0.15) is 16.3 Å². The van der Waals surface area contributed by atoms with Crippen molar-refractivity contribution in [2.45, 2.75) is 39.8 Å². The van der Waals surface area contributed by atoms with Crippen LogP contribution in [0.15, 0.2) is 4.79 Å². The molecule has 0 aliphatic carbocycles. The highest BCUT2D eigenvalue weighted by molar-refractivity contribution is 7.20. The minimum absolute atomic E-state index is 0.198. The number of methoxy groups -OCH3 is 1. The normalized spacial score (nSPS) is 12.6. The summed E-state index contributed by atoms with van der Waals surface area (Å²) in [7, 11) is 1.33. The van der Waals surface area contributed by atoms with Crippen molar-refractivity contribution in [1.82, 2.24) is 9.97 Å². The highest BCUT2D eigenvalue weighted by atomic mass is 32.1. The Morgan fingerprint density at radius 3 is 2.86 bits per heavy atom. The lowest BCUT2D eigenvalue weighted by Crippen LogP contribution is -2.87. The number of carbonyl (C=O) groups is 1. The highest BCUT2D eigenvalue weighted by Gasteiger charge is 2.20. The molecule has 0 aromatic carbocycles. The molecule has 7 heteroatoms. The molecular weight excluding hydrogens is 290 g/mol. The molecule has 2 rings (SSSR count). The molecule has 0 saturated heterocycles. The zero-order valence-corrected chi connectivity index (χ0v) is 13.5. The van der Waals surface area contributed by atoms with Crippen molar-refractivity contribution in [3.05, 3.63) is 26.6 Å². The number of H-pyrrole nitrogens is 1. The summed E-state index contributed by atoms with van der Waals surface area (Å²) in [5.41, 5.74) is 0.435. The zero-order chi connectivity index (χ0) is 15.6. The van der Waals surface area contributed by atoms with Gasteiger partial charge in [0.2, 0.25) is 0 Å². The number of aromatic amines is 1. The average molecular weight is 310 g/mol. The lowest BCUT2D eigenvalue weighted by molar-refractivity contribution is -0.702. The van der Waals surface area contributed by atoms with Crippen LogP contribution in [0, 0.1) is 6.92 Å². The Labute approximate surface area is 126 Å². The number of aryl methyl sites for hydroxylation is 1. The van der Waals surface area contributed by atoms with E-state index >= 15 is 0 Å². The van der Waals surface area contributed by atoms with Crippen molar-refractivity contribution in [2.24, 2.45) is 0 Å². The van der Waals surface area contributed by atoms with Crippen molar-refractivity contribution in [3.63, 3.8) is 0 Å². The summed E-state index contributed by atoms with van der Waals surface area (Å²) in [5, 5.41) is 2.61. The molecule has 0 bridgehead atoms. The van der Waals surface area contributed by atoms with Gasteiger partial charge in [0.05, 0.1) is 18.5 Å². The van der Waals surface area contributed by atoms with Crippen LogP contribution < -0.4 is 10.9 Å². The predicted molar refractivity (Wildman–Crippen MR) is 81.7 cm³/mol. The molecule has 0 radical (unpaired) electrons. The summed E-state index contributed by atoms with van der Waals surface area (Å²) in [5.74, 6) is 0.202. The van der Waals surface area contributed by atoms with Gasteiger partial charge in [-0.05, 0) is 25.8 Å². The van der Waals surface area contributed by atoms with Gasteiger partial charge in [-0.25, -0.2) is 9.78 Å². The van der Waals surface area contributed by atoms with E-state index in [2.05, 4.69) is 29.1 Å². The fraction of sp³-hybridized carbons (Fsp3) is 0.500. The SMILES string of the molecule is CC[C@H](C)[NH2+]Cc1nc2sc(C(=O)OC)c(C)c2c(=O)[nH]1. The van der Waals surface area contributed by atoms with Gasteiger partial charge in [-0.1, -0.05) is 6.92 Å². The maximum atomic E-state index is 12.2. The lowest BCUT2D eigenvalue weighted by Gasteiger charge is -2.06. The number of fused-ring (bicyclic) bond motifs is 1. The van der Waals surface area contributed by atoms with Crippen molar-refractivity contribution >= 4 is 27.5 Å². The molecule has 3 N–H and O–H groups in total. The second kappa shape index (κ2) is 6.36. The van der Waals surface area contributed by atoms with E-state index in [4.69, 9.17) is 4.74 Å². The van der Waals surface area contributed by atoms with E-state index in [1.165, 1.54) is 18.4 Å². The van der Waals surface area contributed by atoms with Crippen LogP contribution in [-0.4, -0.2) is 29.1 Å². The molecule has 6 nitrogen and oxygen atoms in total. The van der Waals surface area contributed by atoms with Crippen LogP contribution in [0.3, 0.4) is 0 Å². The molecule has 2 aromatic rings. The number of ether oxygens (including phenoxy) is 1. The van der Waals surface area contributed by atoms with Crippen LogP contribution in [0.1, 0.15) is 41.3 Å². The molecule has 21 heavy (non-hydrogen) atoms. The molecule has 114 valence electrons. The van der Waals surface area contributed by atoms with Crippen molar-refractivity contribution in [3.8, 4) is 0 Å². The zero-order valence-electron chi connectivity index (χ0n) is 12.6. The third-order valence-electron chi connectivity index (χ3n) is 3.58. The summed E-state index contributed by atoms with van der Waals surface area (Å²) in [6, 6.07) is 0.474. The monoisotopic (exact) mass is 310 g/mol. The van der Waals surface area contributed by atoms with Crippen LogP contribution >= 0.6 is 11.3 Å². The number of nitrogens with two attached hydrogens (primary N) is 1. The van der Waals surface area contributed by atoms with Gasteiger partial charge >= 0.3 is 5.97 Å². The van der Waals surface area contributed by atoms with Crippen molar-refractivity contribution in [1.29, 1.82) is 0 Å². The first-order chi connectivity index (χ1) is 9.97. The Morgan fingerprint density at radius 2 is 2.24 bits per heavy atom. The van der Waals surface area contributed by atoms with Crippen molar-refractivity contribution < 1.29 is 14.8 Å². The Bertz CT molecular complexity index is 720. The van der Waals surface area contributed by atoms with E-state index in [9.17, 15) is 9.59 Å². The van der Waals surface area contributed by atoms with E-state index < -0.39 is 5.97 Å². The van der Waals surface area contributed by atoms with Gasteiger partial charge in [-0.3, -0.25) is 4.79 Å². The van der Waals surface area contributed by atoms with Crippen LogP contribution in [0.4, 0.5) is 0 Å². The largest absolute Gasteiger partial charge is 0.465 e. The molecular formula is C14H20N3O3S+. The Morgan fingerprint density at radius 1 is 1.52 bits per heavy atom. The number of nitrogens with zero attached hydrogens (tertiary/aromatic N) is 1. The molecule has 0 aliphatic heterocycles. The Balaban J connectivity index is 2.42. The van der Waals surface area contributed by atoms with Gasteiger partial charge in [-0.2, -0.15) is 0 Å². The van der Waals surface area contributed by atoms with E-state index in [0.717, 1.165) is 6.42 Å². The fourth-order valence-electron chi connectivity index (χ4n) is 2.05. The molecule has 0 fully saturated rings. The van der Waals surface area contributed by atoms with E-state index in [1.54, 1.807) is 6.92 Å². The predicted octanol–water partition coefficient (Wildman–Crippen LogP) is 0.942. The summed E-state index contributed by atoms with van der Waals surface area (Å²) in [6.45, 7) is 6.60. The molecule has 0 spiro atoms. The highest BCUT2D eigenvalue weighted by Crippen LogP contribution is 2.27. The Kier molecular flexibility index (Phi) is 4.74. The fourth-order valence-corrected chi connectivity index (χ4v) is 3.17. The maximum absolute atomic E-state index is 12.2. The van der Waals surface area contributed by atoms with E-state index in [1.807, 2.05) is 0 Å². The summed E-state index contributed by atoms with van der Waals surface area (Å²) in [4.78, 5) is 32.2. The smallest absolute Gasteiger partial charge is 0.348 e. The molecule has 2 heterocycles. The van der Waals surface area contributed by atoms with Gasteiger partial charge in [0.15, 0.2) is 5.82 Å². The van der Waals surface area contributed by atoms with Gasteiger partial charge < -0.3 is 15.0 Å². The summed E-state index contributed by atoms with van der Waals surface area (Å²) in [6.07, 6.45) is 1.05. The third kappa shape index (κ3) is 3.14. The third-order valence-corrected chi connectivity index (χ3v) is 4.74. The van der Waals surface area contributed by atoms with E-state index in [0.29, 0.717) is 39.1 Å². The minimum atomic E-state index is -0.428. The number of rotatable bonds is 5. The molecule has 0 aliphatic rings. The van der Waals surface area contributed by atoms with Gasteiger partial charge in [-0.15, -0.1) is 11.3 Å². The second-order valence-electron chi connectivity index (χ2n) is 5.07. The summed E-state index contributed by atoms with van der Waals surface area (Å²) >= 11 is 1.21. The first-order valence-electron chi connectivity index (χ1n) is 6.91.